The fourth-order valence-corrected chi connectivity index (χ4v) is 3.36. The first kappa shape index (κ1) is 16.5. The van der Waals surface area contributed by atoms with Crippen LogP contribution in [0.25, 0.3) is 10.9 Å². The van der Waals surface area contributed by atoms with Crippen LogP contribution < -0.4 is 0 Å². The van der Waals surface area contributed by atoms with E-state index in [1.165, 1.54) is 19.3 Å². The molecule has 1 fully saturated rings. The van der Waals surface area contributed by atoms with Crippen LogP contribution in [0.15, 0.2) is 30.3 Å². The molecule has 24 heavy (non-hydrogen) atoms. The summed E-state index contributed by atoms with van der Waals surface area (Å²) in [4.78, 5) is 30.0. The van der Waals surface area contributed by atoms with Gasteiger partial charge in [-0.1, -0.05) is 18.2 Å². The number of methoxy groups -OCH3 is 2. The average Bonchev–Trinajstić information content (AvgIpc) is 3.11. The maximum absolute atomic E-state index is 12.4. The molecule has 0 amide bonds. The minimum Gasteiger partial charge on any atom is -0.469 e. The first-order chi connectivity index (χ1) is 11.5. The quantitative estimate of drug-likeness (QED) is 0.792. The molecule has 0 N–H and O–H groups in total. The number of fused-ring (bicyclic) bond motifs is 1. The second-order valence-electron chi connectivity index (χ2n) is 5.78. The van der Waals surface area contributed by atoms with E-state index >= 15 is 0 Å². The van der Waals surface area contributed by atoms with Crippen LogP contribution in [-0.4, -0.2) is 48.9 Å². The number of aryl methyl sites for hydroxylation is 1. The maximum atomic E-state index is 12.4. The molecule has 0 spiro atoms. The molecule has 0 radical (unpaired) electrons. The van der Waals surface area contributed by atoms with Gasteiger partial charge in [-0.3, -0.25) is 9.63 Å². The van der Waals surface area contributed by atoms with Crippen LogP contribution in [0, 0.1) is 5.92 Å². The number of carbonyl (C=O) groups is 2. The Morgan fingerprint density at radius 2 is 1.75 bits per heavy atom. The van der Waals surface area contributed by atoms with Crippen molar-refractivity contribution in [3.63, 3.8) is 0 Å². The molecule has 3 atom stereocenters. The molecule has 1 aromatic heterocycles. The molecule has 7 heteroatoms. The topological polar surface area (TPSA) is 70.0 Å². The summed E-state index contributed by atoms with van der Waals surface area (Å²) in [6.07, 6.45) is -1.03. The number of ether oxygens (including phenoxy) is 2. The summed E-state index contributed by atoms with van der Waals surface area (Å²) in [5.74, 6) is -1.92. The second-order valence-corrected chi connectivity index (χ2v) is 5.78. The third-order valence-corrected chi connectivity index (χ3v) is 4.54. The number of hydrogen-bond donors (Lipinski definition) is 0. The zero-order chi connectivity index (χ0) is 17.4. The Morgan fingerprint density at radius 3 is 2.38 bits per heavy atom. The monoisotopic (exact) mass is 332 g/mol. The third kappa shape index (κ3) is 2.46. The van der Waals surface area contributed by atoms with E-state index in [2.05, 4.69) is 0 Å². The molecule has 0 aliphatic carbocycles. The summed E-state index contributed by atoms with van der Waals surface area (Å²) >= 11 is 0. The smallest absolute Gasteiger partial charge is 0.338 e. The van der Waals surface area contributed by atoms with Gasteiger partial charge in [0.1, 0.15) is 5.92 Å². The normalized spacial score (nSPS) is 24.2. The average molecular weight is 332 g/mol. The minimum atomic E-state index is -1.03. The van der Waals surface area contributed by atoms with E-state index in [-0.39, 0.29) is 0 Å². The molecular weight excluding hydrogens is 312 g/mol. The molecule has 1 aliphatic heterocycles. The van der Waals surface area contributed by atoms with Crippen LogP contribution in [0.5, 0.6) is 0 Å². The largest absolute Gasteiger partial charge is 0.469 e. The van der Waals surface area contributed by atoms with Crippen molar-refractivity contribution in [1.29, 1.82) is 0 Å². The van der Waals surface area contributed by atoms with Crippen molar-refractivity contribution in [3.05, 3.63) is 36.0 Å². The summed E-state index contributed by atoms with van der Waals surface area (Å²) in [7, 11) is 6.18. The predicted molar refractivity (Wildman–Crippen MR) is 85.8 cm³/mol. The summed E-state index contributed by atoms with van der Waals surface area (Å²) in [5.41, 5.74) is 1.89. The first-order valence-electron chi connectivity index (χ1n) is 7.59. The lowest BCUT2D eigenvalue weighted by atomic mass is 9.92. The summed E-state index contributed by atoms with van der Waals surface area (Å²) in [6.45, 7) is 0. The third-order valence-electron chi connectivity index (χ3n) is 4.54. The van der Waals surface area contributed by atoms with Crippen LogP contribution in [0.2, 0.25) is 0 Å². The fourth-order valence-electron chi connectivity index (χ4n) is 3.36. The number of benzene rings is 1. The highest BCUT2D eigenvalue weighted by Crippen LogP contribution is 2.41. The minimum absolute atomic E-state index is 0.459. The van der Waals surface area contributed by atoms with Gasteiger partial charge in [0.2, 0.25) is 0 Å². The van der Waals surface area contributed by atoms with Crippen molar-refractivity contribution in [1.82, 2.24) is 9.63 Å². The summed E-state index contributed by atoms with van der Waals surface area (Å²) < 4.78 is 11.7. The molecule has 1 aliphatic rings. The van der Waals surface area contributed by atoms with E-state index in [1.54, 1.807) is 7.05 Å². The molecule has 1 aromatic carbocycles. The van der Waals surface area contributed by atoms with Crippen molar-refractivity contribution >= 4 is 22.8 Å². The Kier molecular flexibility index (Phi) is 4.29. The van der Waals surface area contributed by atoms with Gasteiger partial charge in [-0.15, -0.1) is 0 Å². The van der Waals surface area contributed by atoms with E-state index in [9.17, 15) is 9.59 Å². The van der Waals surface area contributed by atoms with Crippen molar-refractivity contribution in [2.75, 3.05) is 21.3 Å². The molecular formula is C17H20N2O5. The standard InChI is InChI=1S/C17H20N2O5/c1-18-11-8-6-5-7-10(11)9-12(18)14-13(16(20)22-3)15(17(21)23-4)24-19(14)2/h5-9,13-15H,1-4H3/t13-,14-,15+/m1/s1. The molecule has 3 rings (SSSR count). The fraction of sp³-hybridized carbons (Fsp3) is 0.412. The zero-order valence-corrected chi connectivity index (χ0v) is 14.1. The molecule has 0 bridgehead atoms. The van der Waals surface area contributed by atoms with Crippen molar-refractivity contribution in [3.8, 4) is 0 Å². The lowest BCUT2D eigenvalue weighted by molar-refractivity contribution is -0.182. The van der Waals surface area contributed by atoms with Gasteiger partial charge in [0.05, 0.1) is 20.3 Å². The van der Waals surface area contributed by atoms with E-state index < -0.39 is 30.0 Å². The zero-order valence-electron chi connectivity index (χ0n) is 14.1. The van der Waals surface area contributed by atoms with Crippen molar-refractivity contribution in [2.24, 2.45) is 13.0 Å². The summed E-state index contributed by atoms with van der Waals surface area (Å²) in [6, 6.07) is 9.44. The summed E-state index contributed by atoms with van der Waals surface area (Å²) in [5, 5.41) is 2.57. The Bertz CT molecular complexity index is 784. The lowest BCUT2D eigenvalue weighted by Gasteiger charge is -2.22. The van der Waals surface area contributed by atoms with Crippen LogP contribution in [0.4, 0.5) is 0 Å². The number of rotatable bonds is 3. The van der Waals surface area contributed by atoms with Gasteiger partial charge in [-0.05, 0) is 17.5 Å². The van der Waals surface area contributed by atoms with Gasteiger partial charge in [-0.25, -0.2) is 4.79 Å². The van der Waals surface area contributed by atoms with Gasteiger partial charge >= 0.3 is 11.9 Å². The highest BCUT2D eigenvalue weighted by Gasteiger charge is 2.52. The molecule has 0 saturated carbocycles. The van der Waals surface area contributed by atoms with Crippen LogP contribution in [0.1, 0.15) is 11.7 Å². The number of esters is 2. The number of hydroxylamine groups is 2. The van der Waals surface area contributed by atoms with E-state index in [1.807, 2.05) is 41.9 Å². The van der Waals surface area contributed by atoms with Crippen molar-refractivity contribution in [2.45, 2.75) is 12.1 Å². The predicted octanol–water partition coefficient (Wildman–Crippen LogP) is 1.43. The van der Waals surface area contributed by atoms with E-state index in [0.717, 1.165) is 16.6 Å². The molecule has 0 unspecified atom stereocenters. The van der Waals surface area contributed by atoms with Gasteiger partial charge < -0.3 is 14.0 Å². The number of nitrogens with zero attached hydrogens (tertiary/aromatic N) is 2. The van der Waals surface area contributed by atoms with E-state index in [4.69, 9.17) is 14.3 Å². The van der Waals surface area contributed by atoms with Crippen LogP contribution in [0.3, 0.4) is 0 Å². The Balaban J connectivity index is 2.10. The highest BCUT2D eigenvalue weighted by atomic mass is 16.7. The molecule has 1 saturated heterocycles. The first-order valence-corrected chi connectivity index (χ1v) is 7.59. The highest BCUT2D eigenvalue weighted by molar-refractivity contribution is 5.86. The van der Waals surface area contributed by atoms with Crippen LogP contribution in [-0.2, 0) is 30.9 Å². The second kappa shape index (κ2) is 6.26. The molecule has 2 aromatic rings. The number of aromatic nitrogens is 1. The molecule has 128 valence electrons. The Hall–Kier alpha value is -2.38. The van der Waals surface area contributed by atoms with Crippen molar-refractivity contribution < 1.29 is 23.9 Å². The van der Waals surface area contributed by atoms with E-state index in [0.29, 0.717) is 0 Å². The number of carbonyl (C=O) groups excluding carboxylic acids is 2. The van der Waals surface area contributed by atoms with Gasteiger partial charge in [0.25, 0.3) is 0 Å². The molecule has 2 heterocycles. The SMILES string of the molecule is COC(=O)[C@H]1[C@@H](C(=O)OC)ON(C)[C@@H]1c1cc2ccccc2n1C. The number of hydrogen-bond acceptors (Lipinski definition) is 6. The Morgan fingerprint density at radius 1 is 1.08 bits per heavy atom. The van der Waals surface area contributed by atoms with Gasteiger partial charge in [0, 0.05) is 25.3 Å². The lowest BCUT2D eigenvalue weighted by Crippen LogP contribution is -2.36. The van der Waals surface area contributed by atoms with Gasteiger partial charge in [-0.2, -0.15) is 5.06 Å². The molecule has 7 nitrogen and oxygen atoms in total. The number of para-hydroxylation sites is 1. The van der Waals surface area contributed by atoms with Gasteiger partial charge in [0.15, 0.2) is 6.10 Å². The van der Waals surface area contributed by atoms with Crippen LogP contribution >= 0.6 is 0 Å². The maximum Gasteiger partial charge on any atom is 0.338 e. The Labute approximate surface area is 139 Å².